The molecule has 2 aromatic carbocycles. The number of nitrogens with one attached hydrogen (secondary N) is 1. The molecule has 0 aliphatic rings. The molecule has 2 rings (SSSR count). The topological polar surface area (TPSA) is 66.0 Å². The minimum Gasteiger partial charge on any atom is -0.496 e. The zero-order chi connectivity index (χ0) is 17.5. The lowest BCUT2D eigenvalue weighted by molar-refractivity contribution is 0.0947. The maximum atomic E-state index is 12.4. The molecule has 0 aliphatic heterocycles. The highest BCUT2D eigenvalue weighted by molar-refractivity contribution is 5.96. The molecule has 0 atom stereocenters. The van der Waals surface area contributed by atoms with Crippen LogP contribution >= 0.6 is 0 Å². The molecule has 0 fully saturated rings. The number of benzene rings is 2. The Bertz CT molecular complexity index is 715. The van der Waals surface area contributed by atoms with Crippen molar-refractivity contribution in [1.82, 2.24) is 5.32 Å². The van der Waals surface area contributed by atoms with Crippen molar-refractivity contribution in [2.45, 2.75) is 6.54 Å². The second-order valence-electron chi connectivity index (χ2n) is 4.88. The summed E-state index contributed by atoms with van der Waals surface area (Å²) < 4.78 is 21.2. The van der Waals surface area contributed by atoms with Crippen LogP contribution in [0.1, 0.15) is 15.9 Å². The number of methoxy groups -OCH3 is 4. The van der Waals surface area contributed by atoms with Gasteiger partial charge in [-0.05, 0) is 24.3 Å². The number of carbonyl (C=O) groups is 1. The Balaban J connectivity index is 2.21. The first kappa shape index (κ1) is 17.5. The first-order valence-corrected chi connectivity index (χ1v) is 7.35. The lowest BCUT2D eigenvalue weighted by atomic mass is 10.1. The molecule has 0 bridgehead atoms. The standard InChI is InChI=1S/C18H21NO5/c1-21-14-8-6-5-7-13(14)18(20)19-11-12-9-10-15(22-2)17(24-4)16(12)23-3/h5-10H,11H2,1-4H3,(H,19,20). The van der Waals surface area contributed by atoms with Crippen LogP contribution in [0.2, 0.25) is 0 Å². The van der Waals surface area contributed by atoms with Crippen LogP contribution < -0.4 is 24.3 Å². The number of ether oxygens (including phenoxy) is 4. The molecule has 2 aromatic rings. The Hall–Kier alpha value is -2.89. The largest absolute Gasteiger partial charge is 0.496 e. The highest BCUT2D eigenvalue weighted by Crippen LogP contribution is 2.39. The number of hydrogen-bond acceptors (Lipinski definition) is 5. The normalized spacial score (nSPS) is 10.0. The van der Waals surface area contributed by atoms with Gasteiger partial charge in [-0.1, -0.05) is 12.1 Å². The highest BCUT2D eigenvalue weighted by Gasteiger charge is 2.17. The predicted molar refractivity (Wildman–Crippen MR) is 90.3 cm³/mol. The summed E-state index contributed by atoms with van der Waals surface area (Å²) in [6, 6.07) is 10.6. The summed E-state index contributed by atoms with van der Waals surface area (Å²) in [7, 11) is 6.17. The first-order chi connectivity index (χ1) is 11.7. The molecule has 0 radical (unpaired) electrons. The van der Waals surface area contributed by atoms with Crippen LogP contribution in [0.3, 0.4) is 0 Å². The van der Waals surface area contributed by atoms with E-state index in [-0.39, 0.29) is 12.5 Å². The van der Waals surface area contributed by atoms with Crippen LogP contribution in [0.15, 0.2) is 36.4 Å². The van der Waals surface area contributed by atoms with Crippen LogP contribution in [-0.2, 0) is 6.54 Å². The van der Waals surface area contributed by atoms with E-state index in [1.807, 2.05) is 12.1 Å². The molecule has 0 unspecified atom stereocenters. The van der Waals surface area contributed by atoms with E-state index in [1.165, 1.54) is 14.2 Å². The Morgan fingerprint density at radius 2 is 1.50 bits per heavy atom. The van der Waals surface area contributed by atoms with Crippen molar-refractivity contribution in [3.8, 4) is 23.0 Å². The zero-order valence-corrected chi connectivity index (χ0v) is 14.2. The van der Waals surface area contributed by atoms with Gasteiger partial charge in [-0.3, -0.25) is 4.79 Å². The fraction of sp³-hybridized carbons (Fsp3) is 0.278. The van der Waals surface area contributed by atoms with Gasteiger partial charge in [0, 0.05) is 12.1 Å². The summed E-state index contributed by atoms with van der Waals surface area (Å²) in [5.74, 6) is 1.87. The van der Waals surface area contributed by atoms with Crippen molar-refractivity contribution in [1.29, 1.82) is 0 Å². The average molecular weight is 331 g/mol. The van der Waals surface area contributed by atoms with Gasteiger partial charge in [-0.15, -0.1) is 0 Å². The predicted octanol–water partition coefficient (Wildman–Crippen LogP) is 2.65. The van der Waals surface area contributed by atoms with Gasteiger partial charge in [0.1, 0.15) is 5.75 Å². The molecule has 0 saturated carbocycles. The van der Waals surface area contributed by atoms with E-state index in [0.717, 1.165) is 5.56 Å². The van der Waals surface area contributed by atoms with E-state index < -0.39 is 0 Å². The van der Waals surface area contributed by atoms with E-state index in [2.05, 4.69) is 5.32 Å². The second kappa shape index (κ2) is 8.10. The van der Waals surface area contributed by atoms with E-state index in [1.54, 1.807) is 38.5 Å². The molecule has 0 aromatic heterocycles. The van der Waals surface area contributed by atoms with Crippen molar-refractivity contribution in [3.05, 3.63) is 47.5 Å². The van der Waals surface area contributed by atoms with E-state index in [0.29, 0.717) is 28.6 Å². The summed E-state index contributed by atoms with van der Waals surface area (Å²) >= 11 is 0. The number of hydrogen-bond donors (Lipinski definition) is 1. The quantitative estimate of drug-likeness (QED) is 0.845. The fourth-order valence-electron chi connectivity index (χ4n) is 2.41. The minimum absolute atomic E-state index is 0.232. The van der Waals surface area contributed by atoms with Crippen LogP contribution in [0, 0.1) is 0 Å². The summed E-state index contributed by atoms with van der Waals surface area (Å²) in [5, 5.41) is 2.86. The number of rotatable bonds is 7. The number of carbonyl (C=O) groups excluding carboxylic acids is 1. The molecule has 24 heavy (non-hydrogen) atoms. The third-order valence-corrected chi connectivity index (χ3v) is 3.58. The molecule has 0 heterocycles. The molecule has 1 N–H and O–H groups in total. The monoisotopic (exact) mass is 331 g/mol. The minimum atomic E-state index is -0.232. The van der Waals surface area contributed by atoms with Crippen LogP contribution in [0.5, 0.6) is 23.0 Å². The smallest absolute Gasteiger partial charge is 0.255 e. The molecule has 0 spiro atoms. The summed E-state index contributed by atoms with van der Waals surface area (Å²) in [6.45, 7) is 0.278. The lowest BCUT2D eigenvalue weighted by Crippen LogP contribution is -2.23. The van der Waals surface area contributed by atoms with Crippen molar-refractivity contribution in [2.24, 2.45) is 0 Å². The third-order valence-electron chi connectivity index (χ3n) is 3.58. The van der Waals surface area contributed by atoms with Crippen LogP contribution in [-0.4, -0.2) is 34.3 Å². The maximum absolute atomic E-state index is 12.4. The highest BCUT2D eigenvalue weighted by atomic mass is 16.5. The molecule has 0 saturated heterocycles. The summed E-state index contributed by atoms with van der Waals surface area (Å²) in [5.41, 5.74) is 1.25. The molecule has 128 valence electrons. The Kier molecular flexibility index (Phi) is 5.89. The molecule has 6 heteroatoms. The molecule has 6 nitrogen and oxygen atoms in total. The lowest BCUT2D eigenvalue weighted by Gasteiger charge is -2.16. The van der Waals surface area contributed by atoms with Gasteiger partial charge in [0.15, 0.2) is 11.5 Å². The SMILES string of the molecule is COc1ccccc1C(=O)NCc1ccc(OC)c(OC)c1OC. The van der Waals surface area contributed by atoms with Gasteiger partial charge >= 0.3 is 0 Å². The van der Waals surface area contributed by atoms with Gasteiger partial charge in [0.05, 0.1) is 34.0 Å². The number of amides is 1. The maximum Gasteiger partial charge on any atom is 0.255 e. The van der Waals surface area contributed by atoms with Crippen LogP contribution in [0.25, 0.3) is 0 Å². The van der Waals surface area contributed by atoms with Gasteiger partial charge in [-0.25, -0.2) is 0 Å². The van der Waals surface area contributed by atoms with Crippen LogP contribution in [0.4, 0.5) is 0 Å². The Morgan fingerprint density at radius 1 is 0.833 bits per heavy atom. The van der Waals surface area contributed by atoms with Gasteiger partial charge in [0.25, 0.3) is 5.91 Å². The second-order valence-corrected chi connectivity index (χ2v) is 4.88. The first-order valence-electron chi connectivity index (χ1n) is 7.35. The molecule has 1 amide bonds. The zero-order valence-electron chi connectivity index (χ0n) is 14.2. The summed E-state index contributed by atoms with van der Waals surface area (Å²) in [6.07, 6.45) is 0. The molecule has 0 aliphatic carbocycles. The van der Waals surface area contributed by atoms with Crippen molar-refractivity contribution in [3.63, 3.8) is 0 Å². The van der Waals surface area contributed by atoms with Gasteiger partial charge in [-0.2, -0.15) is 0 Å². The van der Waals surface area contributed by atoms with E-state index >= 15 is 0 Å². The number of para-hydroxylation sites is 1. The fourth-order valence-corrected chi connectivity index (χ4v) is 2.41. The van der Waals surface area contributed by atoms with Crippen molar-refractivity contribution in [2.75, 3.05) is 28.4 Å². The van der Waals surface area contributed by atoms with E-state index in [9.17, 15) is 4.79 Å². The molecular weight excluding hydrogens is 310 g/mol. The van der Waals surface area contributed by atoms with Crippen molar-refractivity contribution < 1.29 is 23.7 Å². The van der Waals surface area contributed by atoms with Gasteiger partial charge in [0.2, 0.25) is 5.75 Å². The Labute approximate surface area is 141 Å². The van der Waals surface area contributed by atoms with Gasteiger partial charge < -0.3 is 24.3 Å². The Morgan fingerprint density at radius 3 is 2.12 bits per heavy atom. The summed E-state index contributed by atoms with van der Waals surface area (Å²) in [4.78, 5) is 12.4. The average Bonchev–Trinajstić information content (AvgIpc) is 2.64. The van der Waals surface area contributed by atoms with Crippen molar-refractivity contribution >= 4 is 5.91 Å². The third kappa shape index (κ3) is 3.53. The van der Waals surface area contributed by atoms with E-state index in [4.69, 9.17) is 18.9 Å². The molecular formula is C18H21NO5.